The molecule has 168 valence electrons. The summed E-state index contributed by atoms with van der Waals surface area (Å²) in [4.78, 5) is 24.4. The number of carbonyl (C=O) groups excluding carboxylic acids is 2. The summed E-state index contributed by atoms with van der Waals surface area (Å²) in [6.45, 7) is 2.43. The fourth-order valence-corrected chi connectivity index (χ4v) is 3.60. The molecule has 2 N–H and O–H groups in total. The minimum atomic E-state index is -0.584. The number of ether oxygens (including phenoxy) is 1. The van der Waals surface area contributed by atoms with Crippen LogP contribution in [0.5, 0.6) is 5.75 Å². The Morgan fingerprint density at radius 2 is 1.88 bits per heavy atom. The SMILES string of the molecule is Cc1cc(C=C2C(=O)NC(=S)NC2=O)c(OCc2cn(Cc3ccc(F)cc3)nn2)cc1Br. The Hall–Kier alpha value is -3.44. The molecule has 1 aliphatic rings. The van der Waals surface area contributed by atoms with E-state index >= 15 is 0 Å². The van der Waals surface area contributed by atoms with Gasteiger partial charge in [-0.15, -0.1) is 5.10 Å². The number of carbonyl (C=O) groups is 2. The van der Waals surface area contributed by atoms with E-state index in [1.54, 1.807) is 35.1 Å². The Balaban J connectivity index is 1.52. The molecule has 3 aromatic rings. The molecule has 0 radical (unpaired) electrons. The Morgan fingerprint density at radius 3 is 2.58 bits per heavy atom. The van der Waals surface area contributed by atoms with E-state index in [0.29, 0.717) is 23.6 Å². The second-order valence-electron chi connectivity index (χ2n) is 7.26. The van der Waals surface area contributed by atoms with Crippen molar-refractivity contribution in [3.05, 3.63) is 80.8 Å². The van der Waals surface area contributed by atoms with E-state index in [2.05, 4.69) is 36.9 Å². The zero-order chi connectivity index (χ0) is 23.5. The van der Waals surface area contributed by atoms with Crippen LogP contribution in [0.4, 0.5) is 4.39 Å². The lowest BCUT2D eigenvalue weighted by atomic mass is 10.1. The maximum Gasteiger partial charge on any atom is 0.263 e. The molecular weight excluding hydrogens is 513 g/mol. The van der Waals surface area contributed by atoms with Crippen LogP contribution in [0.1, 0.15) is 22.4 Å². The maximum atomic E-state index is 13.1. The van der Waals surface area contributed by atoms with Gasteiger partial charge in [-0.1, -0.05) is 33.3 Å². The van der Waals surface area contributed by atoms with Crippen LogP contribution in [-0.4, -0.2) is 31.9 Å². The number of nitrogens with one attached hydrogen (secondary N) is 2. The summed E-state index contributed by atoms with van der Waals surface area (Å²) < 4.78 is 21.4. The van der Waals surface area contributed by atoms with Gasteiger partial charge < -0.3 is 4.74 Å². The highest BCUT2D eigenvalue weighted by molar-refractivity contribution is 9.10. The van der Waals surface area contributed by atoms with E-state index in [9.17, 15) is 14.0 Å². The number of thiocarbonyl (C=S) groups is 1. The first kappa shape index (κ1) is 22.7. The normalized spacial score (nSPS) is 13.5. The molecule has 4 rings (SSSR count). The number of benzene rings is 2. The summed E-state index contributed by atoms with van der Waals surface area (Å²) in [7, 11) is 0. The molecule has 2 aromatic carbocycles. The van der Waals surface area contributed by atoms with Gasteiger partial charge in [0.1, 0.15) is 29.4 Å². The molecule has 0 saturated carbocycles. The molecular formula is C22H17BrFN5O3S. The molecule has 1 aromatic heterocycles. The standard InChI is InChI=1S/C22H17BrFN5O3S/c1-12-6-14(7-17-20(30)25-22(33)26-21(17)31)19(8-18(12)23)32-11-16-10-29(28-27-16)9-13-2-4-15(24)5-3-13/h2-8,10H,9,11H2,1H3,(H2,25,26,30,31,33). The number of halogens is 2. The van der Waals surface area contributed by atoms with E-state index in [0.717, 1.165) is 15.6 Å². The monoisotopic (exact) mass is 529 g/mol. The summed E-state index contributed by atoms with van der Waals surface area (Å²) in [5.74, 6) is -1.02. The first-order valence-electron chi connectivity index (χ1n) is 9.73. The first-order valence-corrected chi connectivity index (χ1v) is 10.9. The summed E-state index contributed by atoms with van der Waals surface area (Å²) >= 11 is 8.31. The highest BCUT2D eigenvalue weighted by Crippen LogP contribution is 2.30. The molecule has 0 unspecified atom stereocenters. The van der Waals surface area contributed by atoms with E-state index in [1.807, 2.05) is 6.92 Å². The maximum absolute atomic E-state index is 13.1. The van der Waals surface area contributed by atoms with Crippen LogP contribution >= 0.6 is 28.1 Å². The minimum Gasteiger partial charge on any atom is -0.486 e. The molecule has 33 heavy (non-hydrogen) atoms. The van der Waals surface area contributed by atoms with Gasteiger partial charge in [-0.3, -0.25) is 20.2 Å². The van der Waals surface area contributed by atoms with Gasteiger partial charge in [-0.05, 0) is 60.6 Å². The van der Waals surface area contributed by atoms with Crippen molar-refractivity contribution in [3.8, 4) is 5.75 Å². The highest BCUT2D eigenvalue weighted by atomic mass is 79.9. The molecule has 1 saturated heterocycles. The molecule has 1 aliphatic heterocycles. The summed E-state index contributed by atoms with van der Waals surface area (Å²) in [5.41, 5.74) is 2.81. The second-order valence-corrected chi connectivity index (χ2v) is 8.52. The lowest BCUT2D eigenvalue weighted by molar-refractivity contribution is -0.123. The number of aromatic nitrogens is 3. The molecule has 1 fully saturated rings. The van der Waals surface area contributed by atoms with Gasteiger partial charge in [0, 0.05) is 10.0 Å². The number of amides is 2. The van der Waals surface area contributed by atoms with Crippen molar-refractivity contribution in [2.24, 2.45) is 0 Å². The van der Waals surface area contributed by atoms with Crippen LogP contribution in [0.2, 0.25) is 0 Å². The van der Waals surface area contributed by atoms with Crippen molar-refractivity contribution in [2.45, 2.75) is 20.1 Å². The molecule has 11 heteroatoms. The number of hydrogen-bond donors (Lipinski definition) is 2. The van der Waals surface area contributed by atoms with Crippen molar-refractivity contribution in [2.75, 3.05) is 0 Å². The Labute approximate surface area is 201 Å². The minimum absolute atomic E-state index is 0.0330. The zero-order valence-electron chi connectivity index (χ0n) is 17.3. The second kappa shape index (κ2) is 9.59. The number of nitrogens with zero attached hydrogens (tertiary/aromatic N) is 3. The third-order valence-corrected chi connectivity index (χ3v) is 5.81. The third-order valence-electron chi connectivity index (χ3n) is 4.75. The van der Waals surface area contributed by atoms with Crippen molar-refractivity contribution in [3.63, 3.8) is 0 Å². The molecule has 2 heterocycles. The van der Waals surface area contributed by atoms with E-state index in [1.165, 1.54) is 18.2 Å². The fourth-order valence-electron chi connectivity index (χ4n) is 3.10. The number of rotatable bonds is 6. The lowest BCUT2D eigenvalue weighted by Crippen LogP contribution is -2.51. The molecule has 0 aliphatic carbocycles. The summed E-state index contributed by atoms with van der Waals surface area (Å²) in [6.07, 6.45) is 3.18. The summed E-state index contributed by atoms with van der Waals surface area (Å²) in [6, 6.07) is 9.70. The van der Waals surface area contributed by atoms with Crippen LogP contribution in [0, 0.1) is 12.7 Å². The van der Waals surface area contributed by atoms with Crippen molar-refractivity contribution in [1.29, 1.82) is 0 Å². The average Bonchev–Trinajstić information content (AvgIpc) is 3.21. The molecule has 0 spiro atoms. The van der Waals surface area contributed by atoms with Crippen LogP contribution < -0.4 is 15.4 Å². The van der Waals surface area contributed by atoms with Gasteiger partial charge in [0.2, 0.25) is 0 Å². The van der Waals surface area contributed by atoms with Gasteiger partial charge >= 0.3 is 0 Å². The van der Waals surface area contributed by atoms with Gasteiger partial charge in [0.15, 0.2) is 5.11 Å². The van der Waals surface area contributed by atoms with Crippen LogP contribution in [0.25, 0.3) is 6.08 Å². The van der Waals surface area contributed by atoms with Crippen LogP contribution in [-0.2, 0) is 22.7 Å². The molecule has 0 atom stereocenters. The third kappa shape index (κ3) is 5.49. The predicted molar refractivity (Wildman–Crippen MR) is 126 cm³/mol. The molecule has 8 nitrogen and oxygen atoms in total. The molecule has 0 bridgehead atoms. The summed E-state index contributed by atoms with van der Waals surface area (Å²) in [5, 5.41) is 13.0. The largest absolute Gasteiger partial charge is 0.486 e. The van der Waals surface area contributed by atoms with E-state index < -0.39 is 11.8 Å². The van der Waals surface area contributed by atoms with Crippen molar-refractivity contribution >= 4 is 51.2 Å². The van der Waals surface area contributed by atoms with Gasteiger partial charge in [-0.2, -0.15) is 0 Å². The van der Waals surface area contributed by atoms with Crippen LogP contribution in [0.15, 0.2) is 52.6 Å². The fraction of sp³-hybridized carbons (Fsp3) is 0.136. The van der Waals surface area contributed by atoms with Gasteiger partial charge in [0.25, 0.3) is 11.8 Å². The first-order chi connectivity index (χ1) is 15.8. The number of aryl methyl sites for hydroxylation is 1. The highest BCUT2D eigenvalue weighted by Gasteiger charge is 2.26. The number of hydrogen-bond acceptors (Lipinski definition) is 6. The quantitative estimate of drug-likeness (QED) is 0.289. The molecule has 2 amide bonds. The van der Waals surface area contributed by atoms with Gasteiger partial charge in [-0.25, -0.2) is 9.07 Å². The van der Waals surface area contributed by atoms with E-state index in [4.69, 9.17) is 17.0 Å². The smallest absolute Gasteiger partial charge is 0.263 e. The van der Waals surface area contributed by atoms with Gasteiger partial charge in [0.05, 0.1) is 12.7 Å². The Morgan fingerprint density at radius 1 is 1.18 bits per heavy atom. The average molecular weight is 530 g/mol. The lowest BCUT2D eigenvalue weighted by Gasteiger charge is -2.17. The van der Waals surface area contributed by atoms with Crippen LogP contribution in [0.3, 0.4) is 0 Å². The Bertz CT molecular complexity index is 1270. The topological polar surface area (TPSA) is 98.1 Å². The Kier molecular flexibility index (Phi) is 6.61. The van der Waals surface area contributed by atoms with E-state index in [-0.39, 0.29) is 23.1 Å². The zero-order valence-corrected chi connectivity index (χ0v) is 19.7. The predicted octanol–water partition coefficient (Wildman–Crippen LogP) is 3.03. The van der Waals surface area contributed by atoms with Crippen molar-refractivity contribution < 1.29 is 18.7 Å². The van der Waals surface area contributed by atoms with Crippen molar-refractivity contribution in [1.82, 2.24) is 25.6 Å².